The van der Waals surface area contributed by atoms with Crippen molar-refractivity contribution in [2.75, 3.05) is 6.54 Å². The average molecular weight is 336 g/mol. The van der Waals surface area contributed by atoms with Gasteiger partial charge < -0.3 is 8.98 Å². The van der Waals surface area contributed by atoms with Crippen molar-refractivity contribution in [1.29, 1.82) is 0 Å². The Morgan fingerprint density at radius 1 is 1.20 bits per heavy atom. The lowest BCUT2D eigenvalue weighted by Gasteiger charge is -2.25. The Balaban J connectivity index is 1.74. The van der Waals surface area contributed by atoms with E-state index < -0.39 is 0 Å². The van der Waals surface area contributed by atoms with Crippen LogP contribution in [0, 0.1) is 13.8 Å². The fourth-order valence-electron chi connectivity index (χ4n) is 4.00. The summed E-state index contributed by atoms with van der Waals surface area (Å²) in [7, 11) is 2.10. The molecule has 0 N–H and O–H groups in total. The zero-order chi connectivity index (χ0) is 17.6. The summed E-state index contributed by atoms with van der Waals surface area (Å²) in [5.41, 5.74) is 5.21. The van der Waals surface area contributed by atoms with E-state index in [9.17, 15) is 4.79 Å². The van der Waals surface area contributed by atoms with E-state index in [4.69, 9.17) is 4.42 Å². The smallest absolute Gasteiger partial charge is 0.336 e. The van der Waals surface area contributed by atoms with Crippen molar-refractivity contribution in [3.63, 3.8) is 0 Å². The third kappa shape index (κ3) is 2.91. The second kappa shape index (κ2) is 6.19. The lowest BCUT2D eigenvalue weighted by Crippen LogP contribution is -2.24. The molecule has 0 saturated carbocycles. The zero-order valence-electron chi connectivity index (χ0n) is 15.1. The van der Waals surface area contributed by atoms with Gasteiger partial charge >= 0.3 is 5.63 Å². The largest absolute Gasteiger partial charge is 0.423 e. The summed E-state index contributed by atoms with van der Waals surface area (Å²) in [6.45, 7) is 5.99. The van der Waals surface area contributed by atoms with Crippen molar-refractivity contribution in [2.24, 2.45) is 7.05 Å². The second-order valence-electron chi connectivity index (χ2n) is 7.20. The fraction of sp³-hybridized carbons (Fsp3) is 0.381. The molecule has 3 heterocycles. The molecule has 1 aliphatic heterocycles. The summed E-state index contributed by atoms with van der Waals surface area (Å²) in [6, 6.07) is 10.5. The standard InChI is InChI=1S/C21H24N2O2/c1-14-10-17-16(12-21(24)25-20(17)11-15(14)2)13-23-9-5-7-19(23)18-6-4-8-22(18)3/h4,6,8,10-12,19H,5,7,9,13H2,1-3H3/t19-/m0/s1. The van der Waals surface area contributed by atoms with Crippen LogP contribution in [0.5, 0.6) is 0 Å². The summed E-state index contributed by atoms with van der Waals surface area (Å²) < 4.78 is 7.64. The van der Waals surface area contributed by atoms with Crippen molar-refractivity contribution in [2.45, 2.75) is 39.3 Å². The molecular formula is C21H24N2O2. The number of likely N-dealkylation sites (tertiary alicyclic amines) is 1. The molecule has 1 saturated heterocycles. The van der Waals surface area contributed by atoms with Crippen LogP contribution in [0.2, 0.25) is 0 Å². The van der Waals surface area contributed by atoms with Gasteiger partial charge in [-0.3, -0.25) is 4.90 Å². The molecule has 0 amide bonds. The number of aromatic nitrogens is 1. The van der Waals surface area contributed by atoms with Gasteiger partial charge in [0.25, 0.3) is 0 Å². The van der Waals surface area contributed by atoms with Crippen molar-refractivity contribution in [3.8, 4) is 0 Å². The molecule has 25 heavy (non-hydrogen) atoms. The normalized spacial score (nSPS) is 18.3. The van der Waals surface area contributed by atoms with Gasteiger partial charge in [0.1, 0.15) is 5.58 Å². The molecule has 0 bridgehead atoms. The molecule has 0 radical (unpaired) electrons. The number of hydrogen-bond acceptors (Lipinski definition) is 3. The highest BCUT2D eigenvalue weighted by atomic mass is 16.4. The third-order valence-corrected chi connectivity index (χ3v) is 5.51. The highest BCUT2D eigenvalue weighted by Crippen LogP contribution is 2.34. The van der Waals surface area contributed by atoms with E-state index >= 15 is 0 Å². The summed E-state index contributed by atoms with van der Waals surface area (Å²) in [4.78, 5) is 14.5. The monoisotopic (exact) mass is 336 g/mol. The molecule has 1 fully saturated rings. The summed E-state index contributed by atoms with van der Waals surface area (Å²) >= 11 is 0. The van der Waals surface area contributed by atoms with Crippen LogP contribution >= 0.6 is 0 Å². The Morgan fingerprint density at radius 3 is 2.76 bits per heavy atom. The number of benzene rings is 1. The summed E-state index contributed by atoms with van der Waals surface area (Å²) in [6.07, 6.45) is 4.45. The topological polar surface area (TPSA) is 38.4 Å². The van der Waals surface area contributed by atoms with E-state index in [0.29, 0.717) is 11.6 Å². The molecule has 0 aliphatic carbocycles. The molecule has 3 aromatic rings. The molecule has 4 heteroatoms. The number of nitrogens with zero attached hydrogens (tertiary/aromatic N) is 2. The van der Waals surface area contributed by atoms with Crippen molar-refractivity contribution < 1.29 is 4.42 Å². The van der Waals surface area contributed by atoms with Gasteiger partial charge in [0.2, 0.25) is 0 Å². The van der Waals surface area contributed by atoms with E-state index in [-0.39, 0.29) is 5.63 Å². The molecule has 4 nitrogen and oxygen atoms in total. The summed E-state index contributed by atoms with van der Waals surface area (Å²) in [5, 5.41) is 1.06. The maximum Gasteiger partial charge on any atom is 0.336 e. The molecule has 2 aromatic heterocycles. The van der Waals surface area contributed by atoms with Crippen LogP contribution in [0.15, 0.2) is 45.7 Å². The predicted octanol–water partition coefficient (Wildman–Crippen LogP) is 4.09. The van der Waals surface area contributed by atoms with Crippen LogP contribution in [-0.2, 0) is 13.6 Å². The number of hydrogen-bond donors (Lipinski definition) is 0. The van der Waals surface area contributed by atoms with Crippen LogP contribution in [0.25, 0.3) is 11.0 Å². The second-order valence-corrected chi connectivity index (χ2v) is 7.20. The van der Waals surface area contributed by atoms with Gasteiger partial charge in [0.05, 0.1) is 6.04 Å². The van der Waals surface area contributed by atoms with Crippen molar-refractivity contribution in [1.82, 2.24) is 9.47 Å². The lowest BCUT2D eigenvalue weighted by atomic mass is 10.0. The van der Waals surface area contributed by atoms with Gasteiger partial charge in [-0.2, -0.15) is 0 Å². The maximum atomic E-state index is 12.0. The first-order chi connectivity index (χ1) is 12.0. The SMILES string of the molecule is Cc1cc2oc(=O)cc(CN3CCC[C@H]3c3cccn3C)c2cc1C. The minimum atomic E-state index is -0.264. The highest BCUT2D eigenvalue weighted by Gasteiger charge is 2.28. The highest BCUT2D eigenvalue weighted by molar-refractivity contribution is 5.81. The Kier molecular flexibility index (Phi) is 4.00. The Bertz CT molecular complexity index is 983. The number of aryl methyl sites for hydroxylation is 3. The zero-order valence-corrected chi connectivity index (χ0v) is 15.1. The number of rotatable bonds is 3. The number of fused-ring (bicyclic) bond motifs is 1. The molecule has 1 aliphatic rings. The van der Waals surface area contributed by atoms with Crippen molar-refractivity contribution in [3.05, 3.63) is 69.3 Å². The van der Waals surface area contributed by atoms with E-state index in [1.807, 2.05) is 13.0 Å². The van der Waals surface area contributed by atoms with Gasteiger partial charge in [0.15, 0.2) is 0 Å². The van der Waals surface area contributed by atoms with Crippen molar-refractivity contribution >= 4 is 11.0 Å². The first kappa shape index (κ1) is 16.2. The van der Waals surface area contributed by atoms with Crippen LogP contribution in [0.3, 0.4) is 0 Å². The Labute approximate surface area is 147 Å². The van der Waals surface area contributed by atoms with Crippen LogP contribution in [-0.4, -0.2) is 16.0 Å². The third-order valence-electron chi connectivity index (χ3n) is 5.51. The molecule has 4 rings (SSSR count). The first-order valence-electron chi connectivity index (χ1n) is 8.92. The van der Waals surface area contributed by atoms with Gasteiger partial charge in [-0.1, -0.05) is 0 Å². The molecule has 0 spiro atoms. The van der Waals surface area contributed by atoms with E-state index in [1.165, 1.54) is 17.7 Å². The fourth-order valence-corrected chi connectivity index (χ4v) is 4.00. The molecule has 1 aromatic carbocycles. The maximum absolute atomic E-state index is 12.0. The van der Waals surface area contributed by atoms with E-state index in [1.54, 1.807) is 6.07 Å². The Morgan fingerprint density at radius 2 is 2.00 bits per heavy atom. The molecule has 0 unspecified atom stereocenters. The molecule has 130 valence electrons. The predicted molar refractivity (Wildman–Crippen MR) is 99.8 cm³/mol. The van der Waals surface area contributed by atoms with Crippen LogP contribution < -0.4 is 5.63 Å². The minimum Gasteiger partial charge on any atom is -0.423 e. The van der Waals surface area contributed by atoms with Gasteiger partial charge in [-0.05, 0) is 74.2 Å². The van der Waals surface area contributed by atoms with Crippen LogP contribution in [0.4, 0.5) is 0 Å². The van der Waals surface area contributed by atoms with Gasteiger partial charge in [-0.25, -0.2) is 4.79 Å². The summed E-state index contributed by atoms with van der Waals surface area (Å²) in [5.74, 6) is 0. The van der Waals surface area contributed by atoms with Gasteiger partial charge in [0, 0.05) is 36.9 Å². The quantitative estimate of drug-likeness (QED) is 0.676. The van der Waals surface area contributed by atoms with E-state index in [2.05, 4.69) is 47.8 Å². The minimum absolute atomic E-state index is 0.264. The van der Waals surface area contributed by atoms with E-state index in [0.717, 1.165) is 36.0 Å². The Hall–Kier alpha value is -2.33. The lowest BCUT2D eigenvalue weighted by molar-refractivity contribution is 0.241. The molecule has 1 atom stereocenters. The average Bonchev–Trinajstić information content (AvgIpc) is 3.17. The molecular weight excluding hydrogens is 312 g/mol. The van der Waals surface area contributed by atoms with Gasteiger partial charge in [-0.15, -0.1) is 0 Å². The van der Waals surface area contributed by atoms with Crippen LogP contribution in [0.1, 0.15) is 41.3 Å². The first-order valence-corrected chi connectivity index (χ1v) is 8.92.